The summed E-state index contributed by atoms with van der Waals surface area (Å²) in [4.78, 5) is 37.3. The van der Waals surface area contributed by atoms with E-state index in [0.717, 1.165) is 109 Å². The fourth-order valence-corrected chi connectivity index (χ4v) is 8.77. The molecule has 0 radical (unpaired) electrons. The van der Waals surface area contributed by atoms with Gasteiger partial charge in [0.1, 0.15) is 13.2 Å². The first kappa shape index (κ1) is 76.7. The maximum Gasteiger partial charge on any atom is 0.306 e. The Balaban J connectivity index is 4.06. The Morgan fingerprint density at radius 1 is 0.370 bits per heavy atom. The molecule has 0 spiro atoms. The van der Waals surface area contributed by atoms with Gasteiger partial charge in [0.25, 0.3) is 0 Å². The molecule has 0 amide bonds. The second kappa shape index (κ2) is 61.8. The zero-order valence-corrected chi connectivity index (χ0v) is 52.6. The molecule has 9 heteroatoms. The normalized spacial score (nSPS) is 13.5. The summed E-state index contributed by atoms with van der Waals surface area (Å²) in [7, 11) is 5.91. The van der Waals surface area contributed by atoms with Crippen LogP contribution in [-0.4, -0.2) is 82.3 Å². The van der Waals surface area contributed by atoms with E-state index in [-0.39, 0.29) is 38.6 Å². The van der Waals surface area contributed by atoms with Crippen molar-refractivity contribution in [3.05, 3.63) is 122 Å². The van der Waals surface area contributed by atoms with Crippen molar-refractivity contribution < 1.29 is 42.9 Å². The van der Waals surface area contributed by atoms with Gasteiger partial charge in [-0.1, -0.05) is 264 Å². The summed E-state index contributed by atoms with van der Waals surface area (Å²) in [5.41, 5.74) is 0. The quantitative estimate of drug-likeness (QED) is 0.0195. The molecule has 0 rings (SSSR count). The van der Waals surface area contributed by atoms with Crippen LogP contribution in [0.3, 0.4) is 0 Å². The molecule has 0 heterocycles. The van der Waals surface area contributed by atoms with Gasteiger partial charge in [-0.3, -0.25) is 9.59 Å². The van der Waals surface area contributed by atoms with Crippen LogP contribution in [0.1, 0.15) is 258 Å². The van der Waals surface area contributed by atoms with Crippen LogP contribution >= 0.6 is 0 Å². The van der Waals surface area contributed by atoms with Gasteiger partial charge < -0.3 is 33.3 Å². The lowest BCUT2D eigenvalue weighted by Gasteiger charge is -2.26. The molecule has 0 saturated heterocycles. The molecule has 0 fully saturated rings. The summed E-state index contributed by atoms with van der Waals surface area (Å²) >= 11 is 0. The lowest BCUT2D eigenvalue weighted by molar-refractivity contribution is -0.870. The highest BCUT2D eigenvalue weighted by molar-refractivity contribution is 5.70. The van der Waals surface area contributed by atoms with E-state index in [0.29, 0.717) is 23.9 Å². The largest absolute Gasteiger partial charge is 0.545 e. The number of unbranched alkanes of at least 4 members (excludes halogenated alkanes) is 24. The second-order valence-corrected chi connectivity index (χ2v) is 22.6. The number of carbonyl (C=O) groups excluding carboxylic acids is 3. The van der Waals surface area contributed by atoms with Crippen molar-refractivity contribution in [1.82, 2.24) is 0 Å². The Morgan fingerprint density at radius 2 is 0.667 bits per heavy atom. The number of rotatable bonds is 59. The highest BCUT2D eigenvalue weighted by Gasteiger charge is 2.22. The summed E-state index contributed by atoms with van der Waals surface area (Å²) in [6, 6.07) is 0. The summed E-state index contributed by atoms with van der Waals surface area (Å²) in [6.45, 7) is 4.49. The summed E-state index contributed by atoms with van der Waals surface area (Å²) < 4.78 is 22.7. The van der Waals surface area contributed by atoms with Crippen LogP contribution < -0.4 is 5.11 Å². The molecule has 0 aromatic heterocycles. The Hall–Kier alpha value is -4.31. The smallest absolute Gasteiger partial charge is 0.306 e. The predicted molar refractivity (Wildman–Crippen MR) is 343 cm³/mol. The Kier molecular flexibility index (Phi) is 58.5. The van der Waals surface area contributed by atoms with E-state index in [1.54, 1.807) is 0 Å². The minimum atomic E-state index is -1.63. The van der Waals surface area contributed by atoms with E-state index < -0.39 is 24.3 Å². The van der Waals surface area contributed by atoms with Gasteiger partial charge in [0.05, 0.1) is 40.3 Å². The van der Waals surface area contributed by atoms with Crippen LogP contribution in [0.4, 0.5) is 0 Å². The molecule has 0 N–H and O–H groups in total. The van der Waals surface area contributed by atoms with Gasteiger partial charge in [0.15, 0.2) is 12.4 Å². The number of carbonyl (C=O) groups is 3. The average molecular weight is 1130 g/mol. The fraction of sp³-hybridized carbons (Fsp3) is 0.681. The van der Waals surface area contributed by atoms with Crippen molar-refractivity contribution >= 4 is 17.9 Å². The molecule has 0 bridgehead atoms. The van der Waals surface area contributed by atoms with Crippen LogP contribution in [-0.2, 0) is 33.3 Å². The third kappa shape index (κ3) is 63.1. The van der Waals surface area contributed by atoms with Gasteiger partial charge in [0, 0.05) is 12.8 Å². The van der Waals surface area contributed by atoms with Gasteiger partial charge in [-0.05, 0) is 103 Å². The van der Waals surface area contributed by atoms with Crippen molar-refractivity contribution in [2.24, 2.45) is 0 Å². The van der Waals surface area contributed by atoms with Crippen molar-refractivity contribution in [3.63, 3.8) is 0 Å². The molecule has 81 heavy (non-hydrogen) atoms. The molecule has 0 saturated carbocycles. The standard InChI is InChI=1S/C72H121NO8/c1-6-8-10-12-14-16-18-20-22-24-25-26-27-28-29-30-31-32-33-34-35-36-37-38-39-40-41-42-43-44-45-47-49-51-53-55-57-59-61-63-70(75)81-68(67-80-72(71(76)77)78-65-64-73(3,4)5)66-79-69(74)62-60-58-56-54-52-50-48-46-23-21-19-17-15-13-11-9-7-2/h8-11,14-17,20-23,25-26,28-29,31-32,48,50,68,72H,6-7,12-13,18-19,24,27,30,33-47,49,51-67H2,1-5H3/b10-8-,11-9-,16-14-,17-15-,22-20-,23-21-,26-25-,29-28-,32-31-,50-48-. The Labute approximate surface area is 497 Å². The molecule has 0 aliphatic carbocycles. The van der Waals surface area contributed by atoms with Gasteiger partial charge >= 0.3 is 11.9 Å². The first-order valence-electron chi connectivity index (χ1n) is 32.7. The topological polar surface area (TPSA) is 111 Å². The van der Waals surface area contributed by atoms with E-state index in [4.69, 9.17) is 18.9 Å². The Morgan fingerprint density at radius 3 is 0.988 bits per heavy atom. The number of quaternary nitrogens is 1. The first-order chi connectivity index (χ1) is 39.6. The summed E-state index contributed by atoms with van der Waals surface area (Å²) in [5.74, 6) is -2.32. The maximum absolute atomic E-state index is 12.9. The highest BCUT2D eigenvalue weighted by atomic mass is 16.7. The summed E-state index contributed by atoms with van der Waals surface area (Å²) in [6.07, 6.45) is 84.2. The van der Waals surface area contributed by atoms with Crippen LogP contribution in [0.2, 0.25) is 0 Å². The molecule has 0 aliphatic rings. The third-order valence-corrected chi connectivity index (χ3v) is 13.7. The van der Waals surface area contributed by atoms with Crippen molar-refractivity contribution in [1.29, 1.82) is 0 Å². The molecule has 0 aliphatic heterocycles. The number of nitrogens with zero attached hydrogens (tertiary/aromatic N) is 1. The molecule has 462 valence electrons. The average Bonchev–Trinajstić information content (AvgIpc) is 3.44. The van der Waals surface area contributed by atoms with Gasteiger partial charge in [-0.15, -0.1) is 0 Å². The van der Waals surface area contributed by atoms with Crippen molar-refractivity contribution in [2.45, 2.75) is 270 Å². The van der Waals surface area contributed by atoms with Crippen LogP contribution in [0.5, 0.6) is 0 Å². The molecule has 2 atom stereocenters. The van der Waals surface area contributed by atoms with Crippen LogP contribution in [0.25, 0.3) is 0 Å². The van der Waals surface area contributed by atoms with Crippen molar-refractivity contribution in [3.8, 4) is 0 Å². The zero-order chi connectivity index (χ0) is 59.1. The van der Waals surface area contributed by atoms with E-state index in [2.05, 4.69) is 135 Å². The first-order valence-corrected chi connectivity index (χ1v) is 32.7. The van der Waals surface area contributed by atoms with E-state index >= 15 is 0 Å². The number of ether oxygens (including phenoxy) is 4. The number of hydrogen-bond donors (Lipinski definition) is 0. The fourth-order valence-electron chi connectivity index (χ4n) is 8.77. The molecular weight excluding hydrogens is 1010 g/mol. The summed E-state index contributed by atoms with van der Waals surface area (Å²) in [5, 5.41) is 11.8. The molecule has 0 aromatic carbocycles. The minimum absolute atomic E-state index is 0.140. The number of hydrogen-bond acceptors (Lipinski definition) is 8. The number of carboxylic acid groups (broad SMARTS) is 1. The highest BCUT2D eigenvalue weighted by Crippen LogP contribution is 2.17. The number of aliphatic carboxylic acids is 1. The van der Waals surface area contributed by atoms with Crippen molar-refractivity contribution in [2.75, 3.05) is 47.5 Å². The molecular formula is C72H121NO8. The molecule has 0 aromatic rings. The van der Waals surface area contributed by atoms with E-state index in [9.17, 15) is 19.5 Å². The van der Waals surface area contributed by atoms with Crippen LogP contribution in [0, 0.1) is 0 Å². The predicted octanol–water partition coefficient (Wildman–Crippen LogP) is 18.7. The molecule has 2 unspecified atom stereocenters. The van der Waals surface area contributed by atoms with Crippen LogP contribution in [0.15, 0.2) is 122 Å². The minimum Gasteiger partial charge on any atom is -0.545 e. The van der Waals surface area contributed by atoms with E-state index in [1.165, 1.54) is 109 Å². The maximum atomic E-state index is 12.9. The zero-order valence-electron chi connectivity index (χ0n) is 52.6. The second-order valence-electron chi connectivity index (χ2n) is 22.6. The third-order valence-electron chi connectivity index (χ3n) is 13.7. The number of esters is 2. The van der Waals surface area contributed by atoms with Gasteiger partial charge in [-0.2, -0.15) is 0 Å². The van der Waals surface area contributed by atoms with Gasteiger partial charge in [0.2, 0.25) is 0 Å². The lowest BCUT2D eigenvalue weighted by Crippen LogP contribution is -2.44. The molecule has 9 nitrogen and oxygen atoms in total. The number of allylic oxidation sites excluding steroid dienone is 20. The monoisotopic (exact) mass is 1130 g/mol. The number of likely N-dealkylation sites (N-methyl/N-ethyl adjacent to an activating group) is 1. The lowest BCUT2D eigenvalue weighted by atomic mass is 10.0. The number of carboxylic acids is 1. The SMILES string of the molecule is CC/C=C\C/C=C\C/C=C\C/C=C\C/C=C\C/C=C\CCCCCCCCCCCCCCCCCCCCCCC(=O)OC(COC(=O)CCCCCC/C=C\C/C=C\C/C=C\C/C=C\CC)COC(OCC[N+](C)(C)C)C(=O)[O-]. The Bertz CT molecular complexity index is 1740. The van der Waals surface area contributed by atoms with E-state index in [1.807, 2.05) is 21.1 Å². The van der Waals surface area contributed by atoms with Gasteiger partial charge in [-0.25, -0.2) is 0 Å².